The van der Waals surface area contributed by atoms with Gasteiger partial charge in [0.2, 0.25) is 0 Å². The number of hydrogen-bond acceptors (Lipinski definition) is 0. The zero-order valence-electron chi connectivity index (χ0n) is 11.9. The van der Waals surface area contributed by atoms with E-state index in [0.29, 0.717) is 0 Å². The molecule has 0 aliphatic rings. The third-order valence-electron chi connectivity index (χ3n) is 2.85. The Morgan fingerprint density at radius 2 is 1.62 bits per heavy atom. The minimum Gasteiger partial charge on any atom is -0.327 e. The number of rotatable bonds is 2. The second-order valence-corrected chi connectivity index (χ2v) is 6.84. The topological polar surface area (TPSA) is 0 Å². The molecule has 1 aromatic rings. The Kier molecular flexibility index (Phi) is 3.49. The highest BCUT2D eigenvalue weighted by Crippen LogP contribution is 2.25. The normalized spacial score (nSPS) is 12.9. The van der Waals surface area contributed by atoms with Gasteiger partial charge in [-0.25, -0.2) is 0 Å². The van der Waals surface area contributed by atoms with Gasteiger partial charge >= 0.3 is 0 Å². The molecule has 0 aliphatic heterocycles. The molecule has 90 valence electrons. The smallest absolute Gasteiger partial charge is 0.104 e. The average Bonchev–Trinajstić information content (AvgIpc) is 2.04. The van der Waals surface area contributed by atoms with Crippen LogP contribution < -0.4 is 0 Å². The van der Waals surface area contributed by atoms with Crippen molar-refractivity contribution >= 4 is 0 Å². The third-order valence-corrected chi connectivity index (χ3v) is 2.85. The van der Waals surface area contributed by atoms with Crippen molar-refractivity contribution in [3.8, 4) is 0 Å². The van der Waals surface area contributed by atoms with Gasteiger partial charge in [0.1, 0.15) is 6.54 Å². The number of quaternary nitrogens is 1. The second kappa shape index (κ2) is 4.21. The first-order chi connectivity index (χ1) is 7.09. The molecule has 16 heavy (non-hydrogen) atoms. The van der Waals surface area contributed by atoms with Gasteiger partial charge in [0.25, 0.3) is 0 Å². The van der Waals surface area contributed by atoms with Crippen molar-refractivity contribution in [3.05, 3.63) is 34.9 Å². The number of nitrogens with zero attached hydrogens (tertiary/aromatic N) is 1. The van der Waals surface area contributed by atoms with Gasteiger partial charge in [-0.2, -0.15) is 0 Å². The molecule has 0 fully saturated rings. The molecule has 1 aromatic carbocycles. The molecule has 0 aromatic heterocycles. The van der Waals surface area contributed by atoms with E-state index in [1.807, 2.05) is 0 Å². The van der Waals surface area contributed by atoms with Gasteiger partial charge in [-0.15, -0.1) is 0 Å². The molecule has 0 atom stereocenters. The molecule has 1 nitrogen and oxygen atoms in total. The van der Waals surface area contributed by atoms with Gasteiger partial charge in [0.05, 0.1) is 21.1 Å². The molecule has 0 bridgehead atoms. The molecule has 0 saturated carbocycles. The van der Waals surface area contributed by atoms with Gasteiger partial charge in [-0.3, -0.25) is 0 Å². The van der Waals surface area contributed by atoms with Crippen LogP contribution in [-0.2, 0) is 12.0 Å². The number of benzene rings is 1. The summed E-state index contributed by atoms with van der Waals surface area (Å²) in [4.78, 5) is 0. The summed E-state index contributed by atoms with van der Waals surface area (Å²) in [6, 6.07) is 6.91. The summed E-state index contributed by atoms with van der Waals surface area (Å²) < 4.78 is 0.982. The Labute approximate surface area is 101 Å². The maximum absolute atomic E-state index is 2.34. The predicted octanol–water partition coefficient (Wildman–Crippen LogP) is 3.50. The summed E-state index contributed by atoms with van der Waals surface area (Å²) in [5, 5.41) is 0. The highest BCUT2D eigenvalue weighted by molar-refractivity contribution is 5.34. The molecule has 0 heterocycles. The first kappa shape index (κ1) is 13.2. The lowest BCUT2D eigenvalue weighted by molar-refractivity contribution is -0.884. The van der Waals surface area contributed by atoms with Crippen LogP contribution in [0.4, 0.5) is 0 Å². The largest absolute Gasteiger partial charge is 0.327 e. The van der Waals surface area contributed by atoms with Crippen LogP contribution in [0.1, 0.15) is 37.5 Å². The summed E-state index contributed by atoms with van der Waals surface area (Å²) in [6.07, 6.45) is 0. The van der Waals surface area contributed by atoms with Crippen molar-refractivity contribution in [1.82, 2.24) is 0 Å². The van der Waals surface area contributed by atoms with E-state index in [9.17, 15) is 0 Å². The fourth-order valence-corrected chi connectivity index (χ4v) is 1.85. The highest BCUT2D eigenvalue weighted by Gasteiger charge is 2.16. The molecule has 1 rings (SSSR count). The number of aryl methyl sites for hydroxylation is 1. The summed E-state index contributed by atoms with van der Waals surface area (Å²) in [5.41, 5.74) is 4.55. The van der Waals surface area contributed by atoms with E-state index >= 15 is 0 Å². The Bertz CT molecular complexity index is 364. The van der Waals surface area contributed by atoms with Crippen molar-refractivity contribution in [2.45, 2.75) is 39.7 Å². The first-order valence-electron chi connectivity index (χ1n) is 6.00. The summed E-state index contributed by atoms with van der Waals surface area (Å²) in [7, 11) is 6.70. The van der Waals surface area contributed by atoms with Crippen LogP contribution in [-0.4, -0.2) is 25.6 Å². The zero-order valence-corrected chi connectivity index (χ0v) is 11.9. The van der Waals surface area contributed by atoms with E-state index in [2.05, 4.69) is 67.0 Å². The van der Waals surface area contributed by atoms with Crippen molar-refractivity contribution in [2.75, 3.05) is 21.1 Å². The zero-order chi connectivity index (χ0) is 12.6. The Morgan fingerprint density at radius 3 is 2.00 bits per heavy atom. The number of hydrogen-bond donors (Lipinski definition) is 0. The lowest BCUT2D eigenvalue weighted by Crippen LogP contribution is -2.33. The first-order valence-corrected chi connectivity index (χ1v) is 6.00. The van der Waals surface area contributed by atoms with E-state index in [4.69, 9.17) is 0 Å². The van der Waals surface area contributed by atoms with Gasteiger partial charge in [-0.1, -0.05) is 39.0 Å². The molecular formula is C15H26N+. The monoisotopic (exact) mass is 220 g/mol. The van der Waals surface area contributed by atoms with Crippen molar-refractivity contribution in [3.63, 3.8) is 0 Å². The molecule has 0 aliphatic carbocycles. The van der Waals surface area contributed by atoms with Crippen LogP contribution >= 0.6 is 0 Å². The van der Waals surface area contributed by atoms with Crippen LogP contribution in [0.3, 0.4) is 0 Å². The maximum Gasteiger partial charge on any atom is 0.104 e. The summed E-state index contributed by atoms with van der Waals surface area (Å²) >= 11 is 0. The van der Waals surface area contributed by atoms with E-state index in [1.165, 1.54) is 16.7 Å². The standard InChI is InChI=1S/C15H26N/c1-12-10-14(15(2,3)4)9-8-13(12)11-16(5,6)7/h8-10H,11H2,1-7H3/q+1. The Morgan fingerprint density at radius 1 is 1.06 bits per heavy atom. The molecular weight excluding hydrogens is 194 g/mol. The third kappa shape index (κ3) is 3.64. The Hall–Kier alpha value is -0.820. The molecule has 0 unspecified atom stereocenters. The summed E-state index contributed by atoms with van der Waals surface area (Å²) in [5.74, 6) is 0. The van der Waals surface area contributed by atoms with Gasteiger partial charge < -0.3 is 4.48 Å². The molecule has 1 heteroatoms. The van der Waals surface area contributed by atoms with E-state index in [0.717, 1.165) is 11.0 Å². The van der Waals surface area contributed by atoms with Crippen molar-refractivity contribution in [2.24, 2.45) is 0 Å². The molecule has 0 spiro atoms. The average molecular weight is 220 g/mol. The maximum atomic E-state index is 2.34. The van der Waals surface area contributed by atoms with Gasteiger partial charge in [0, 0.05) is 5.56 Å². The highest BCUT2D eigenvalue weighted by atomic mass is 15.3. The van der Waals surface area contributed by atoms with Crippen LogP contribution in [0.2, 0.25) is 0 Å². The SMILES string of the molecule is Cc1cc(C(C)(C)C)ccc1C[N+](C)(C)C. The van der Waals surface area contributed by atoms with Crippen LogP contribution in [0.15, 0.2) is 18.2 Å². The van der Waals surface area contributed by atoms with Crippen molar-refractivity contribution in [1.29, 1.82) is 0 Å². The van der Waals surface area contributed by atoms with Crippen LogP contribution in [0.5, 0.6) is 0 Å². The summed E-state index contributed by atoms with van der Waals surface area (Å²) in [6.45, 7) is 10.1. The van der Waals surface area contributed by atoms with E-state index in [1.54, 1.807) is 0 Å². The lowest BCUT2D eigenvalue weighted by Gasteiger charge is -2.26. The molecule has 0 radical (unpaired) electrons. The van der Waals surface area contributed by atoms with Crippen LogP contribution in [0.25, 0.3) is 0 Å². The fraction of sp³-hybridized carbons (Fsp3) is 0.600. The van der Waals surface area contributed by atoms with Crippen LogP contribution in [0, 0.1) is 6.92 Å². The van der Waals surface area contributed by atoms with Gasteiger partial charge in [0.15, 0.2) is 0 Å². The lowest BCUT2D eigenvalue weighted by atomic mass is 9.85. The quantitative estimate of drug-likeness (QED) is 0.669. The van der Waals surface area contributed by atoms with E-state index in [-0.39, 0.29) is 5.41 Å². The second-order valence-electron chi connectivity index (χ2n) is 6.84. The van der Waals surface area contributed by atoms with Gasteiger partial charge in [-0.05, 0) is 23.5 Å². The molecule has 0 amide bonds. The predicted molar refractivity (Wildman–Crippen MR) is 71.6 cm³/mol. The van der Waals surface area contributed by atoms with E-state index < -0.39 is 0 Å². The minimum atomic E-state index is 0.250. The molecule has 0 saturated heterocycles. The fourth-order valence-electron chi connectivity index (χ4n) is 1.85. The molecule has 0 N–H and O–H groups in total. The minimum absolute atomic E-state index is 0.250. The Balaban J connectivity index is 3.01. The van der Waals surface area contributed by atoms with Crippen molar-refractivity contribution < 1.29 is 4.48 Å².